The molecular weight excluding hydrogens is 496 g/mol. The van der Waals surface area contributed by atoms with Crippen molar-refractivity contribution in [2.45, 2.75) is 113 Å². The van der Waals surface area contributed by atoms with E-state index < -0.39 is 0 Å². The SMILES string of the molecule is CC1=CCCC(C)(C)C1/C=C/C(C)=C/C=C/C(C)=C/C=C/C=C(C)/C=C/C=C(\C)C1C=C2C(C)(C)CCCC2(C)O1. The Labute approximate surface area is 252 Å². The van der Waals surface area contributed by atoms with Crippen LogP contribution in [0.25, 0.3) is 0 Å². The lowest BCUT2D eigenvalue weighted by atomic mass is 9.67. The lowest BCUT2D eigenvalue weighted by Crippen LogP contribution is -2.39. The molecule has 0 aromatic carbocycles. The van der Waals surface area contributed by atoms with Crippen LogP contribution in [0, 0.1) is 16.7 Å². The molecule has 1 heteroatoms. The van der Waals surface area contributed by atoms with Crippen LogP contribution in [-0.2, 0) is 4.74 Å². The Morgan fingerprint density at radius 1 is 0.756 bits per heavy atom. The summed E-state index contributed by atoms with van der Waals surface area (Å²) in [5.74, 6) is 0.529. The van der Waals surface area contributed by atoms with Crippen LogP contribution in [0.4, 0.5) is 0 Å². The zero-order valence-corrected chi connectivity index (χ0v) is 27.7. The van der Waals surface area contributed by atoms with E-state index in [1.165, 1.54) is 59.1 Å². The van der Waals surface area contributed by atoms with Gasteiger partial charge in [0.2, 0.25) is 0 Å². The zero-order chi connectivity index (χ0) is 30.3. The fraction of sp³-hybridized carbons (Fsp3) is 0.500. The highest BCUT2D eigenvalue weighted by Crippen LogP contribution is 2.52. The van der Waals surface area contributed by atoms with Gasteiger partial charge in [-0.2, -0.15) is 0 Å². The third kappa shape index (κ3) is 9.17. The first-order chi connectivity index (χ1) is 19.2. The lowest BCUT2D eigenvalue weighted by Gasteiger charge is -2.42. The normalized spacial score (nSPS) is 29.6. The van der Waals surface area contributed by atoms with Crippen LogP contribution in [0.2, 0.25) is 0 Å². The Morgan fingerprint density at radius 3 is 1.95 bits per heavy atom. The van der Waals surface area contributed by atoms with Gasteiger partial charge in [-0.05, 0) is 102 Å². The molecule has 41 heavy (non-hydrogen) atoms. The Bertz CT molecular complexity index is 1240. The minimum Gasteiger partial charge on any atom is -0.359 e. The van der Waals surface area contributed by atoms with Crippen molar-refractivity contribution in [3.63, 3.8) is 0 Å². The molecule has 1 heterocycles. The van der Waals surface area contributed by atoms with E-state index in [9.17, 15) is 0 Å². The molecule has 0 amide bonds. The van der Waals surface area contributed by atoms with Gasteiger partial charge in [0.25, 0.3) is 0 Å². The van der Waals surface area contributed by atoms with E-state index in [4.69, 9.17) is 4.74 Å². The summed E-state index contributed by atoms with van der Waals surface area (Å²) in [7, 11) is 0. The maximum atomic E-state index is 6.56. The number of allylic oxidation sites excluding steroid dienone is 17. The number of rotatable bonds is 9. The molecule has 0 aromatic rings. The molecule has 3 aliphatic rings. The molecule has 1 saturated carbocycles. The number of hydrogen-bond donors (Lipinski definition) is 0. The quantitative estimate of drug-likeness (QED) is 0.204. The van der Waals surface area contributed by atoms with Gasteiger partial charge < -0.3 is 4.74 Å². The zero-order valence-electron chi connectivity index (χ0n) is 27.7. The van der Waals surface area contributed by atoms with E-state index in [1.807, 2.05) is 0 Å². The standard InChI is InChI=1S/C40H56O/c1-30(19-13-20-32(3)24-25-35-33(4)23-15-26-38(35,6)7)17-11-12-18-31(2)21-14-22-34(5)36-29-37-39(8,9)27-16-28-40(37,10)41-36/h11-14,17-25,29,35-36H,15-16,26-28H2,1-10H3/b12-11+,19-13+,21-14+,25-24+,30-17+,31-18+,32-20+,34-22+. The summed E-state index contributed by atoms with van der Waals surface area (Å²) in [6.45, 7) is 22.7. The van der Waals surface area contributed by atoms with Gasteiger partial charge in [-0.1, -0.05) is 129 Å². The average Bonchev–Trinajstić information content (AvgIpc) is 3.25. The Balaban J connectivity index is 1.50. The summed E-state index contributed by atoms with van der Waals surface area (Å²) in [4.78, 5) is 0. The third-order valence-electron chi connectivity index (χ3n) is 9.31. The number of ether oxygens (including phenoxy) is 1. The van der Waals surface area contributed by atoms with Gasteiger partial charge >= 0.3 is 0 Å². The molecular formula is C40H56O. The predicted octanol–water partition coefficient (Wildman–Crippen LogP) is 11.7. The molecule has 1 fully saturated rings. The fourth-order valence-corrected chi connectivity index (χ4v) is 6.68. The van der Waals surface area contributed by atoms with Crippen LogP contribution in [0.15, 0.2) is 119 Å². The molecule has 222 valence electrons. The van der Waals surface area contributed by atoms with Gasteiger partial charge in [0, 0.05) is 5.92 Å². The van der Waals surface area contributed by atoms with Crippen LogP contribution in [0.5, 0.6) is 0 Å². The van der Waals surface area contributed by atoms with Crippen molar-refractivity contribution in [1.82, 2.24) is 0 Å². The van der Waals surface area contributed by atoms with Crippen molar-refractivity contribution in [3.8, 4) is 0 Å². The van der Waals surface area contributed by atoms with Crippen molar-refractivity contribution >= 4 is 0 Å². The first-order valence-electron chi connectivity index (χ1n) is 15.7. The first kappa shape index (κ1) is 32.9. The molecule has 3 rings (SSSR count). The minimum atomic E-state index is -0.0954. The van der Waals surface area contributed by atoms with Crippen molar-refractivity contribution in [3.05, 3.63) is 119 Å². The molecule has 3 atom stereocenters. The van der Waals surface area contributed by atoms with Crippen molar-refractivity contribution in [2.24, 2.45) is 16.7 Å². The van der Waals surface area contributed by atoms with E-state index in [2.05, 4.69) is 154 Å². The number of fused-ring (bicyclic) bond motifs is 1. The second-order valence-corrected chi connectivity index (χ2v) is 14.1. The molecule has 0 radical (unpaired) electrons. The van der Waals surface area contributed by atoms with Gasteiger partial charge in [-0.3, -0.25) is 0 Å². The maximum absolute atomic E-state index is 6.56. The van der Waals surface area contributed by atoms with Crippen LogP contribution < -0.4 is 0 Å². The molecule has 2 aliphatic carbocycles. The summed E-state index contributed by atoms with van der Waals surface area (Å²) >= 11 is 0. The predicted molar refractivity (Wildman–Crippen MR) is 181 cm³/mol. The Hall–Kier alpha value is -2.64. The second-order valence-electron chi connectivity index (χ2n) is 14.1. The van der Waals surface area contributed by atoms with E-state index in [0.717, 1.165) is 6.42 Å². The van der Waals surface area contributed by atoms with Gasteiger partial charge in [0.15, 0.2) is 0 Å². The molecule has 0 spiro atoms. The highest BCUT2D eigenvalue weighted by Gasteiger charge is 2.47. The Kier molecular flexibility index (Phi) is 11.2. The van der Waals surface area contributed by atoms with Crippen molar-refractivity contribution in [1.29, 1.82) is 0 Å². The van der Waals surface area contributed by atoms with Crippen LogP contribution in [0.1, 0.15) is 101 Å². The van der Waals surface area contributed by atoms with E-state index in [1.54, 1.807) is 0 Å². The minimum absolute atomic E-state index is 0.0856. The molecule has 0 N–H and O–H groups in total. The monoisotopic (exact) mass is 552 g/mol. The van der Waals surface area contributed by atoms with Crippen LogP contribution in [-0.4, -0.2) is 11.7 Å². The Morgan fingerprint density at radius 2 is 1.34 bits per heavy atom. The molecule has 1 nitrogen and oxygen atoms in total. The third-order valence-corrected chi connectivity index (χ3v) is 9.31. The molecule has 0 aromatic heterocycles. The summed E-state index contributed by atoms with van der Waals surface area (Å²) in [6, 6.07) is 0. The van der Waals surface area contributed by atoms with Crippen molar-refractivity contribution in [2.75, 3.05) is 0 Å². The average molecular weight is 553 g/mol. The molecule has 0 saturated heterocycles. The van der Waals surface area contributed by atoms with Crippen LogP contribution in [0.3, 0.4) is 0 Å². The summed E-state index contributed by atoms with van der Waals surface area (Å²) in [5, 5.41) is 0. The lowest BCUT2D eigenvalue weighted by molar-refractivity contribution is -0.0307. The summed E-state index contributed by atoms with van der Waals surface area (Å²) < 4.78 is 6.56. The maximum Gasteiger partial charge on any atom is 0.0982 e. The van der Waals surface area contributed by atoms with E-state index in [0.29, 0.717) is 11.3 Å². The summed E-state index contributed by atoms with van der Waals surface area (Å²) in [6.07, 6.45) is 37.2. The fourth-order valence-electron chi connectivity index (χ4n) is 6.68. The van der Waals surface area contributed by atoms with E-state index >= 15 is 0 Å². The van der Waals surface area contributed by atoms with Crippen LogP contribution >= 0.6 is 0 Å². The largest absolute Gasteiger partial charge is 0.359 e. The highest BCUT2D eigenvalue weighted by atomic mass is 16.5. The molecule has 1 aliphatic heterocycles. The first-order valence-corrected chi connectivity index (χ1v) is 15.7. The van der Waals surface area contributed by atoms with Gasteiger partial charge in [0.1, 0.15) is 0 Å². The second kappa shape index (κ2) is 14.0. The topological polar surface area (TPSA) is 9.23 Å². The van der Waals surface area contributed by atoms with Gasteiger partial charge in [0.05, 0.1) is 11.7 Å². The van der Waals surface area contributed by atoms with Crippen molar-refractivity contribution < 1.29 is 4.74 Å². The smallest absolute Gasteiger partial charge is 0.0982 e. The molecule has 3 unspecified atom stereocenters. The molecule has 0 bridgehead atoms. The van der Waals surface area contributed by atoms with Gasteiger partial charge in [-0.15, -0.1) is 0 Å². The van der Waals surface area contributed by atoms with E-state index in [-0.39, 0.29) is 17.1 Å². The summed E-state index contributed by atoms with van der Waals surface area (Å²) in [5.41, 5.74) is 8.47. The van der Waals surface area contributed by atoms with Gasteiger partial charge in [-0.25, -0.2) is 0 Å². The number of hydrogen-bond acceptors (Lipinski definition) is 1. The highest BCUT2D eigenvalue weighted by molar-refractivity contribution is 5.37.